The van der Waals surface area contributed by atoms with Gasteiger partial charge in [-0.3, -0.25) is 0 Å². The van der Waals surface area contributed by atoms with Crippen LogP contribution in [0.15, 0.2) is 18.2 Å². The molecule has 0 bridgehead atoms. The molecule has 1 aromatic carbocycles. The number of rotatable bonds is 4. The lowest BCUT2D eigenvalue weighted by Crippen LogP contribution is -2.46. The Morgan fingerprint density at radius 1 is 1.35 bits per heavy atom. The summed E-state index contributed by atoms with van der Waals surface area (Å²) in [5.41, 5.74) is 7.70. The Morgan fingerprint density at radius 3 is 2.75 bits per heavy atom. The van der Waals surface area contributed by atoms with Gasteiger partial charge in [-0.15, -0.1) is 0 Å². The van der Waals surface area contributed by atoms with Crippen LogP contribution in [0.5, 0.6) is 0 Å². The van der Waals surface area contributed by atoms with Crippen LogP contribution in [0.1, 0.15) is 51.5 Å². The summed E-state index contributed by atoms with van der Waals surface area (Å²) < 4.78 is 0. The van der Waals surface area contributed by atoms with E-state index in [1.54, 1.807) is 0 Å². The summed E-state index contributed by atoms with van der Waals surface area (Å²) in [5.74, 6) is 1.52. The molecule has 1 saturated carbocycles. The molecule has 1 aliphatic carbocycles. The third kappa shape index (κ3) is 4.38. The highest BCUT2D eigenvalue weighted by Gasteiger charge is 2.33. The van der Waals surface area contributed by atoms with E-state index in [0.29, 0.717) is 5.02 Å². The van der Waals surface area contributed by atoms with E-state index in [2.05, 4.69) is 13.8 Å². The van der Waals surface area contributed by atoms with Crippen molar-refractivity contribution in [3.8, 4) is 0 Å². The summed E-state index contributed by atoms with van der Waals surface area (Å²) in [7, 11) is 0. The normalized spacial score (nSPS) is 27.0. The minimum absolute atomic E-state index is 0.102. The van der Waals surface area contributed by atoms with Crippen molar-refractivity contribution in [2.75, 3.05) is 0 Å². The highest BCUT2D eigenvalue weighted by Crippen LogP contribution is 2.37. The lowest BCUT2D eigenvalue weighted by Gasteiger charge is -2.39. The van der Waals surface area contributed by atoms with E-state index < -0.39 is 0 Å². The molecule has 0 aliphatic heterocycles. The van der Waals surface area contributed by atoms with Gasteiger partial charge < -0.3 is 5.73 Å². The molecule has 1 aliphatic rings. The Morgan fingerprint density at radius 2 is 2.10 bits per heavy atom. The maximum atomic E-state index is 6.67. The minimum Gasteiger partial charge on any atom is -0.325 e. The molecule has 0 radical (unpaired) electrons. The molecule has 0 spiro atoms. The summed E-state index contributed by atoms with van der Waals surface area (Å²) in [4.78, 5) is 0. The predicted molar refractivity (Wildman–Crippen MR) is 88.5 cm³/mol. The lowest BCUT2D eigenvalue weighted by atomic mass is 9.71. The minimum atomic E-state index is -0.102. The van der Waals surface area contributed by atoms with Crippen molar-refractivity contribution in [2.45, 2.75) is 57.9 Å². The Labute approximate surface area is 132 Å². The smallest absolute Gasteiger partial charge is 0.0453 e. The first-order chi connectivity index (χ1) is 9.38. The third-order valence-electron chi connectivity index (χ3n) is 4.34. The maximum Gasteiger partial charge on any atom is 0.0453 e. The summed E-state index contributed by atoms with van der Waals surface area (Å²) >= 11 is 12.3. The van der Waals surface area contributed by atoms with E-state index >= 15 is 0 Å². The number of hydrogen-bond acceptors (Lipinski definition) is 1. The molecule has 2 atom stereocenters. The number of benzene rings is 1. The Balaban J connectivity index is 2.06. The Kier molecular flexibility index (Phi) is 5.39. The fourth-order valence-corrected chi connectivity index (χ4v) is 4.07. The van der Waals surface area contributed by atoms with E-state index in [1.165, 1.54) is 19.3 Å². The maximum absolute atomic E-state index is 6.67. The molecule has 0 heterocycles. The van der Waals surface area contributed by atoms with Gasteiger partial charge in [-0.05, 0) is 55.2 Å². The second kappa shape index (κ2) is 6.68. The summed E-state index contributed by atoms with van der Waals surface area (Å²) in [6.45, 7) is 4.59. The average molecular weight is 314 g/mol. The largest absolute Gasteiger partial charge is 0.325 e. The first-order valence-corrected chi connectivity index (χ1v) is 8.36. The van der Waals surface area contributed by atoms with Crippen LogP contribution in [0.4, 0.5) is 0 Å². The van der Waals surface area contributed by atoms with Crippen LogP contribution in [0, 0.1) is 11.8 Å². The molecule has 1 fully saturated rings. The molecule has 0 amide bonds. The summed E-state index contributed by atoms with van der Waals surface area (Å²) in [6.07, 6.45) is 6.92. The summed E-state index contributed by atoms with van der Waals surface area (Å²) in [5, 5.41) is 1.43. The van der Waals surface area contributed by atoms with Crippen molar-refractivity contribution in [1.29, 1.82) is 0 Å². The number of halogens is 2. The van der Waals surface area contributed by atoms with Crippen LogP contribution < -0.4 is 5.73 Å². The van der Waals surface area contributed by atoms with Crippen molar-refractivity contribution < 1.29 is 0 Å². The van der Waals surface area contributed by atoms with Crippen molar-refractivity contribution in [3.05, 3.63) is 33.8 Å². The molecule has 0 saturated heterocycles. The van der Waals surface area contributed by atoms with E-state index in [0.717, 1.165) is 41.7 Å². The van der Waals surface area contributed by atoms with Crippen LogP contribution in [0.25, 0.3) is 0 Å². The summed E-state index contributed by atoms with van der Waals surface area (Å²) in [6, 6.07) is 5.74. The fourth-order valence-electron chi connectivity index (χ4n) is 3.59. The number of nitrogens with two attached hydrogens (primary N) is 1. The first-order valence-electron chi connectivity index (χ1n) is 7.61. The zero-order valence-electron chi connectivity index (χ0n) is 12.5. The van der Waals surface area contributed by atoms with Crippen molar-refractivity contribution in [1.82, 2.24) is 0 Å². The molecule has 1 nitrogen and oxygen atoms in total. The van der Waals surface area contributed by atoms with Gasteiger partial charge in [-0.2, -0.15) is 0 Å². The molecule has 2 unspecified atom stereocenters. The highest BCUT2D eigenvalue weighted by atomic mass is 35.5. The van der Waals surface area contributed by atoms with Gasteiger partial charge in [0.2, 0.25) is 0 Å². The quantitative estimate of drug-likeness (QED) is 0.783. The Bertz CT molecular complexity index is 458. The van der Waals surface area contributed by atoms with Gasteiger partial charge in [0, 0.05) is 15.6 Å². The van der Waals surface area contributed by atoms with Gasteiger partial charge in [0.25, 0.3) is 0 Å². The van der Waals surface area contributed by atoms with Crippen molar-refractivity contribution >= 4 is 23.2 Å². The van der Waals surface area contributed by atoms with E-state index in [4.69, 9.17) is 28.9 Å². The molecule has 2 rings (SSSR count). The lowest BCUT2D eigenvalue weighted by molar-refractivity contribution is 0.200. The van der Waals surface area contributed by atoms with Gasteiger partial charge in [-0.25, -0.2) is 0 Å². The zero-order valence-corrected chi connectivity index (χ0v) is 14.0. The van der Waals surface area contributed by atoms with E-state index in [1.807, 2.05) is 18.2 Å². The zero-order chi connectivity index (χ0) is 14.8. The molecular formula is C17H25Cl2N. The van der Waals surface area contributed by atoms with Crippen molar-refractivity contribution in [2.24, 2.45) is 17.6 Å². The fraction of sp³-hybridized carbons (Fsp3) is 0.647. The topological polar surface area (TPSA) is 26.0 Å². The second-order valence-corrected chi connectivity index (χ2v) is 7.71. The first kappa shape index (κ1) is 16.1. The van der Waals surface area contributed by atoms with Crippen LogP contribution in [0.3, 0.4) is 0 Å². The van der Waals surface area contributed by atoms with Gasteiger partial charge in [0.05, 0.1) is 0 Å². The molecule has 3 heteroatoms. The van der Waals surface area contributed by atoms with Crippen LogP contribution in [-0.4, -0.2) is 5.54 Å². The predicted octanol–water partition coefficient (Wildman–Crippen LogP) is 5.47. The molecule has 2 N–H and O–H groups in total. The molecule has 0 aromatic heterocycles. The molecular weight excluding hydrogens is 289 g/mol. The van der Waals surface area contributed by atoms with Crippen LogP contribution in [0.2, 0.25) is 10.0 Å². The SMILES string of the molecule is CC(C)CC1CCCC(N)(Cc2ccc(Cl)cc2Cl)C1. The third-order valence-corrected chi connectivity index (χ3v) is 4.93. The Hall–Kier alpha value is -0.240. The molecule has 20 heavy (non-hydrogen) atoms. The molecule has 112 valence electrons. The number of hydrogen-bond donors (Lipinski definition) is 1. The van der Waals surface area contributed by atoms with Gasteiger partial charge in [0.15, 0.2) is 0 Å². The van der Waals surface area contributed by atoms with Crippen molar-refractivity contribution in [3.63, 3.8) is 0 Å². The average Bonchev–Trinajstić information content (AvgIpc) is 2.32. The van der Waals surface area contributed by atoms with Gasteiger partial charge in [-0.1, -0.05) is 56.0 Å². The molecule has 1 aromatic rings. The standard InChI is InChI=1S/C17H25Cl2N/c1-12(2)8-13-4-3-7-17(20,10-13)11-14-5-6-15(18)9-16(14)19/h5-6,9,12-13H,3-4,7-8,10-11,20H2,1-2H3. The van der Waals surface area contributed by atoms with E-state index in [-0.39, 0.29) is 5.54 Å². The van der Waals surface area contributed by atoms with Crippen LogP contribution >= 0.6 is 23.2 Å². The van der Waals surface area contributed by atoms with E-state index in [9.17, 15) is 0 Å². The van der Waals surface area contributed by atoms with Gasteiger partial charge in [0.1, 0.15) is 0 Å². The second-order valence-electron chi connectivity index (χ2n) is 6.87. The van der Waals surface area contributed by atoms with Crippen LogP contribution in [-0.2, 0) is 6.42 Å². The van der Waals surface area contributed by atoms with Gasteiger partial charge >= 0.3 is 0 Å². The monoisotopic (exact) mass is 313 g/mol. The highest BCUT2D eigenvalue weighted by molar-refractivity contribution is 6.35.